The topological polar surface area (TPSA) is 85.0 Å². The summed E-state index contributed by atoms with van der Waals surface area (Å²) in [7, 11) is 0. The predicted molar refractivity (Wildman–Crippen MR) is 127 cm³/mol. The van der Waals surface area contributed by atoms with Crippen molar-refractivity contribution in [2.45, 2.75) is 38.6 Å². The average Bonchev–Trinajstić information content (AvgIpc) is 3.23. The van der Waals surface area contributed by atoms with Crippen LogP contribution >= 0.6 is 11.3 Å². The van der Waals surface area contributed by atoms with Crippen molar-refractivity contribution in [3.63, 3.8) is 0 Å². The van der Waals surface area contributed by atoms with Gasteiger partial charge in [0.2, 0.25) is 0 Å². The van der Waals surface area contributed by atoms with Gasteiger partial charge in [0.05, 0.1) is 29.8 Å². The first-order chi connectivity index (χ1) is 16.1. The van der Waals surface area contributed by atoms with E-state index in [1.165, 1.54) is 15.8 Å². The van der Waals surface area contributed by atoms with E-state index in [9.17, 15) is 9.59 Å². The summed E-state index contributed by atoms with van der Waals surface area (Å²) in [6.45, 7) is 0.231. The molecule has 2 aromatic carbocycles. The van der Waals surface area contributed by atoms with Gasteiger partial charge in [0, 0.05) is 11.4 Å². The summed E-state index contributed by atoms with van der Waals surface area (Å²) in [4.78, 5) is 31.9. The number of benzene rings is 2. The third kappa shape index (κ3) is 4.30. The SMILES string of the molecule is N#Cc1ccc(-c2ccc(OC(=O)CCn3cnc4sc5c(c4c3=O)CCCC5)cc2)cc1. The van der Waals surface area contributed by atoms with E-state index < -0.39 is 5.97 Å². The summed E-state index contributed by atoms with van der Waals surface area (Å²) in [6, 6.07) is 16.6. The van der Waals surface area contributed by atoms with E-state index in [0.29, 0.717) is 11.3 Å². The van der Waals surface area contributed by atoms with Crippen LogP contribution in [0.2, 0.25) is 0 Å². The average molecular weight is 456 g/mol. The van der Waals surface area contributed by atoms with Gasteiger partial charge in [-0.25, -0.2) is 4.98 Å². The summed E-state index contributed by atoms with van der Waals surface area (Å²) >= 11 is 1.62. The zero-order valence-corrected chi connectivity index (χ0v) is 18.7. The van der Waals surface area contributed by atoms with Gasteiger partial charge in [-0.15, -0.1) is 11.3 Å². The molecule has 5 rings (SSSR count). The second kappa shape index (κ2) is 9.00. The highest BCUT2D eigenvalue weighted by Crippen LogP contribution is 2.33. The molecule has 164 valence electrons. The van der Waals surface area contributed by atoms with Crippen LogP contribution in [0.1, 0.15) is 35.3 Å². The monoisotopic (exact) mass is 455 g/mol. The molecule has 33 heavy (non-hydrogen) atoms. The van der Waals surface area contributed by atoms with Gasteiger partial charge in [-0.2, -0.15) is 5.26 Å². The van der Waals surface area contributed by atoms with Crippen LogP contribution in [0.3, 0.4) is 0 Å². The van der Waals surface area contributed by atoms with E-state index in [2.05, 4.69) is 11.1 Å². The minimum atomic E-state index is -0.402. The Hall–Kier alpha value is -3.76. The molecule has 0 fully saturated rings. The highest BCUT2D eigenvalue weighted by Gasteiger charge is 2.20. The zero-order valence-electron chi connectivity index (χ0n) is 17.9. The Kier molecular flexibility index (Phi) is 5.76. The lowest BCUT2D eigenvalue weighted by Crippen LogP contribution is -2.23. The molecule has 7 heteroatoms. The Morgan fingerprint density at radius 1 is 1.06 bits per heavy atom. The number of carbonyl (C=O) groups is 1. The Balaban J connectivity index is 1.24. The quantitative estimate of drug-likeness (QED) is 0.317. The van der Waals surface area contributed by atoms with Crippen LogP contribution in [0.25, 0.3) is 21.3 Å². The molecule has 2 heterocycles. The molecular formula is C26H21N3O3S. The molecule has 0 atom stereocenters. The second-order valence-corrected chi connectivity index (χ2v) is 9.16. The summed E-state index contributed by atoms with van der Waals surface area (Å²) in [5.74, 6) is 0.0469. The lowest BCUT2D eigenvalue weighted by Gasteiger charge is -2.10. The fourth-order valence-electron chi connectivity index (χ4n) is 4.19. The highest BCUT2D eigenvalue weighted by molar-refractivity contribution is 7.18. The number of nitriles is 1. The highest BCUT2D eigenvalue weighted by atomic mass is 32.1. The molecular weight excluding hydrogens is 434 g/mol. The third-order valence-corrected chi connectivity index (χ3v) is 7.13. The summed E-state index contributed by atoms with van der Waals surface area (Å²) < 4.78 is 6.96. The van der Waals surface area contributed by atoms with Gasteiger partial charge in [-0.3, -0.25) is 14.2 Å². The van der Waals surface area contributed by atoms with E-state index in [1.807, 2.05) is 24.3 Å². The minimum absolute atomic E-state index is 0.0704. The van der Waals surface area contributed by atoms with Crippen LogP contribution in [-0.4, -0.2) is 15.5 Å². The number of ether oxygens (including phenoxy) is 1. The lowest BCUT2D eigenvalue weighted by atomic mass is 9.97. The van der Waals surface area contributed by atoms with Gasteiger partial charge in [0.1, 0.15) is 10.6 Å². The van der Waals surface area contributed by atoms with E-state index in [-0.39, 0.29) is 18.5 Å². The van der Waals surface area contributed by atoms with Crippen LogP contribution < -0.4 is 10.3 Å². The molecule has 1 aliphatic carbocycles. The molecule has 0 aliphatic heterocycles. The molecule has 4 aromatic rings. The van der Waals surface area contributed by atoms with Gasteiger partial charge < -0.3 is 4.74 Å². The summed E-state index contributed by atoms with van der Waals surface area (Å²) in [6.07, 6.45) is 5.82. The number of hydrogen-bond donors (Lipinski definition) is 0. The maximum Gasteiger partial charge on any atom is 0.312 e. The van der Waals surface area contributed by atoms with Crippen molar-refractivity contribution >= 4 is 27.5 Å². The van der Waals surface area contributed by atoms with E-state index in [1.54, 1.807) is 35.6 Å². The molecule has 0 bridgehead atoms. The Bertz CT molecular complexity index is 1430. The van der Waals surface area contributed by atoms with Crippen molar-refractivity contribution in [2.75, 3.05) is 0 Å². The fraction of sp³-hybridized carbons (Fsp3) is 0.231. The van der Waals surface area contributed by atoms with Crippen LogP contribution in [0.15, 0.2) is 59.7 Å². The van der Waals surface area contributed by atoms with Crippen molar-refractivity contribution in [1.29, 1.82) is 5.26 Å². The standard InChI is InChI=1S/C26H21N3O3S/c27-15-17-5-7-18(8-6-17)19-9-11-20(12-10-19)32-23(30)13-14-29-16-28-25-24(26(29)31)21-3-1-2-4-22(21)33-25/h5-12,16H,1-4,13-14H2. The van der Waals surface area contributed by atoms with E-state index in [0.717, 1.165) is 52.6 Å². The lowest BCUT2D eigenvalue weighted by molar-refractivity contribution is -0.134. The van der Waals surface area contributed by atoms with Crippen molar-refractivity contribution in [3.05, 3.63) is 81.2 Å². The molecule has 0 N–H and O–H groups in total. The van der Waals surface area contributed by atoms with Crippen molar-refractivity contribution < 1.29 is 9.53 Å². The largest absolute Gasteiger partial charge is 0.426 e. The van der Waals surface area contributed by atoms with Gasteiger partial charge in [-0.1, -0.05) is 24.3 Å². The normalized spacial score (nSPS) is 12.8. The number of aryl methyl sites for hydroxylation is 3. The number of esters is 1. The predicted octanol–water partition coefficient (Wildman–Crippen LogP) is 4.87. The summed E-state index contributed by atoms with van der Waals surface area (Å²) in [5, 5.41) is 9.64. The number of aromatic nitrogens is 2. The Morgan fingerprint density at radius 2 is 1.76 bits per heavy atom. The summed E-state index contributed by atoms with van der Waals surface area (Å²) in [5.41, 5.74) is 3.63. The first-order valence-corrected chi connectivity index (χ1v) is 11.7. The molecule has 0 amide bonds. The van der Waals surface area contributed by atoms with Gasteiger partial charge >= 0.3 is 5.97 Å². The number of carbonyl (C=O) groups excluding carboxylic acids is 1. The maximum absolute atomic E-state index is 13.0. The van der Waals surface area contributed by atoms with E-state index >= 15 is 0 Å². The number of nitrogens with zero attached hydrogens (tertiary/aromatic N) is 3. The molecule has 1 aliphatic rings. The molecule has 0 spiro atoms. The van der Waals surface area contributed by atoms with Crippen molar-refractivity contribution in [2.24, 2.45) is 0 Å². The molecule has 0 saturated heterocycles. The maximum atomic E-state index is 13.0. The molecule has 2 aromatic heterocycles. The van der Waals surface area contributed by atoms with Crippen LogP contribution in [0, 0.1) is 11.3 Å². The molecule has 0 saturated carbocycles. The van der Waals surface area contributed by atoms with Gasteiger partial charge in [0.25, 0.3) is 5.56 Å². The van der Waals surface area contributed by atoms with Crippen molar-refractivity contribution in [3.8, 4) is 22.9 Å². The smallest absolute Gasteiger partial charge is 0.312 e. The molecule has 0 unspecified atom stereocenters. The minimum Gasteiger partial charge on any atom is -0.426 e. The second-order valence-electron chi connectivity index (χ2n) is 8.07. The van der Waals surface area contributed by atoms with Crippen LogP contribution in [0.5, 0.6) is 5.75 Å². The number of fused-ring (bicyclic) bond motifs is 3. The first-order valence-electron chi connectivity index (χ1n) is 10.9. The molecule has 0 radical (unpaired) electrons. The number of rotatable bonds is 5. The van der Waals surface area contributed by atoms with Crippen LogP contribution in [0.4, 0.5) is 0 Å². The zero-order chi connectivity index (χ0) is 22.8. The number of thiophene rings is 1. The van der Waals surface area contributed by atoms with Gasteiger partial charge in [-0.05, 0) is 66.6 Å². The van der Waals surface area contributed by atoms with Gasteiger partial charge in [0.15, 0.2) is 0 Å². The molecule has 6 nitrogen and oxygen atoms in total. The number of hydrogen-bond acceptors (Lipinski definition) is 6. The fourth-order valence-corrected chi connectivity index (χ4v) is 5.41. The third-order valence-electron chi connectivity index (χ3n) is 5.93. The van der Waals surface area contributed by atoms with E-state index in [4.69, 9.17) is 10.00 Å². The Labute approximate surface area is 194 Å². The first kappa shape index (κ1) is 21.1. The Morgan fingerprint density at radius 3 is 2.48 bits per heavy atom. The van der Waals surface area contributed by atoms with Crippen molar-refractivity contribution in [1.82, 2.24) is 9.55 Å². The van der Waals surface area contributed by atoms with Crippen LogP contribution in [-0.2, 0) is 24.2 Å².